The van der Waals surface area contributed by atoms with Gasteiger partial charge in [0.15, 0.2) is 5.13 Å². The number of hydrogen-bond donors (Lipinski definition) is 2. The van der Waals surface area contributed by atoms with Crippen LogP contribution in [-0.4, -0.2) is 35.9 Å². The van der Waals surface area contributed by atoms with Crippen molar-refractivity contribution < 1.29 is 4.79 Å². The molecule has 2 heterocycles. The number of nitrogens with one attached hydrogen (secondary N) is 1. The Morgan fingerprint density at radius 2 is 2.33 bits per heavy atom. The molecule has 3 N–H and O–H groups in total. The number of amides is 1. The summed E-state index contributed by atoms with van der Waals surface area (Å²) in [5.41, 5.74) is 5.79. The van der Waals surface area contributed by atoms with Crippen molar-refractivity contribution in [1.29, 1.82) is 0 Å². The molecule has 1 aliphatic heterocycles. The standard InChI is InChI=1S/C12H20N4OS/c1-7(2)8-4-5-16(6-8)11(17)9-10(13)15-12(14-3)18-9/h7-8H,4-6,13H2,1-3H3,(H,14,15). The second-order valence-electron chi connectivity index (χ2n) is 5.03. The van der Waals surface area contributed by atoms with Gasteiger partial charge in [-0.25, -0.2) is 4.98 Å². The van der Waals surface area contributed by atoms with Crippen molar-refractivity contribution in [3.8, 4) is 0 Å². The molecule has 5 nitrogen and oxygen atoms in total. The third-order valence-corrected chi connectivity index (χ3v) is 4.59. The van der Waals surface area contributed by atoms with Crippen molar-refractivity contribution in [3.63, 3.8) is 0 Å². The molecule has 0 aromatic carbocycles. The van der Waals surface area contributed by atoms with Crippen LogP contribution in [0.15, 0.2) is 0 Å². The van der Waals surface area contributed by atoms with Crippen molar-refractivity contribution in [2.24, 2.45) is 11.8 Å². The maximum atomic E-state index is 12.4. The van der Waals surface area contributed by atoms with E-state index in [-0.39, 0.29) is 5.91 Å². The summed E-state index contributed by atoms with van der Waals surface area (Å²) in [5.74, 6) is 1.58. The number of rotatable bonds is 3. The molecule has 18 heavy (non-hydrogen) atoms. The lowest BCUT2D eigenvalue weighted by Gasteiger charge is -2.17. The van der Waals surface area contributed by atoms with Crippen LogP contribution in [0.5, 0.6) is 0 Å². The predicted molar refractivity (Wildman–Crippen MR) is 74.9 cm³/mol. The first-order valence-corrected chi connectivity index (χ1v) is 7.08. The van der Waals surface area contributed by atoms with E-state index in [1.54, 1.807) is 7.05 Å². The molecule has 1 aromatic heterocycles. The number of hydrogen-bond acceptors (Lipinski definition) is 5. The monoisotopic (exact) mass is 268 g/mol. The Bertz CT molecular complexity index is 443. The summed E-state index contributed by atoms with van der Waals surface area (Å²) in [6.45, 7) is 6.08. The van der Waals surface area contributed by atoms with Crippen LogP contribution < -0.4 is 11.1 Å². The van der Waals surface area contributed by atoms with Gasteiger partial charge in [0.25, 0.3) is 5.91 Å². The van der Waals surface area contributed by atoms with Gasteiger partial charge in [-0.2, -0.15) is 0 Å². The van der Waals surface area contributed by atoms with E-state index in [1.165, 1.54) is 11.3 Å². The highest BCUT2D eigenvalue weighted by Crippen LogP contribution is 2.29. The minimum Gasteiger partial charge on any atom is -0.382 e. The zero-order valence-electron chi connectivity index (χ0n) is 11.1. The van der Waals surface area contributed by atoms with Crippen LogP contribution in [0.3, 0.4) is 0 Å². The number of nitrogen functional groups attached to an aromatic ring is 1. The molecule has 1 saturated heterocycles. The van der Waals surface area contributed by atoms with Gasteiger partial charge in [0.2, 0.25) is 0 Å². The number of thiazole rings is 1. The molecule has 6 heteroatoms. The molecule has 0 saturated carbocycles. The summed E-state index contributed by atoms with van der Waals surface area (Å²) in [5, 5.41) is 3.61. The molecular weight excluding hydrogens is 248 g/mol. The first kappa shape index (κ1) is 13.1. The number of anilines is 2. The number of aromatic nitrogens is 1. The van der Waals surface area contributed by atoms with E-state index < -0.39 is 0 Å². The molecule has 1 fully saturated rings. The molecule has 0 spiro atoms. The van der Waals surface area contributed by atoms with Crippen molar-refractivity contribution in [2.45, 2.75) is 20.3 Å². The Balaban J connectivity index is 2.10. The molecule has 0 radical (unpaired) electrons. The van der Waals surface area contributed by atoms with Gasteiger partial charge in [-0.3, -0.25) is 4.79 Å². The third-order valence-electron chi connectivity index (χ3n) is 3.52. The van der Waals surface area contributed by atoms with Crippen LogP contribution in [0, 0.1) is 11.8 Å². The van der Waals surface area contributed by atoms with Crippen molar-refractivity contribution in [3.05, 3.63) is 4.88 Å². The van der Waals surface area contributed by atoms with Crippen molar-refractivity contribution in [1.82, 2.24) is 9.88 Å². The summed E-state index contributed by atoms with van der Waals surface area (Å²) < 4.78 is 0. The molecule has 2 rings (SSSR count). The quantitative estimate of drug-likeness (QED) is 0.878. The Kier molecular flexibility index (Phi) is 3.75. The second kappa shape index (κ2) is 5.14. The smallest absolute Gasteiger partial charge is 0.267 e. The van der Waals surface area contributed by atoms with Gasteiger partial charge >= 0.3 is 0 Å². The lowest BCUT2D eigenvalue weighted by atomic mass is 9.95. The van der Waals surface area contributed by atoms with E-state index in [9.17, 15) is 4.79 Å². The fourth-order valence-corrected chi connectivity index (χ4v) is 3.06. The van der Waals surface area contributed by atoms with Crippen LogP contribution >= 0.6 is 11.3 Å². The average Bonchev–Trinajstić information content (AvgIpc) is 2.94. The SMILES string of the molecule is CNc1nc(N)c(C(=O)N2CCC(C(C)C)C2)s1. The first-order valence-electron chi connectivity index (χ1n) is 6.26. The highest BCUT2D eigenvalue weighted by molar-refractivity contribution is 7.18. The zero-order chi connectivity index (χ0) is 13.3. The molecule has 0 aliphatic carbocycles. The first-order chi connectivity index (χ1) is 8.52. The molecular formula is C12H20N4OS. The summed E-state index contributed by atoms with van der Waals surface area (Å²) in [7, 11) is 1.77. The number of nitrogens with two attached hydrogens (primary N) is 1. The summed E-state index contributed by atoms with van der Waals surface area (Å²) >= 11 is 1.33. The van der Waals surface area contributed by atoms with Crippen LogP contribution in [0.2, 0.25) is 0 Å². The highest BCUT2D eigenvalue weighted by atomic mass is 32.1. The number of carbonyl (C=O) groups excluding carboxylic acids is 1. The summed E-state index contributed by atoms with van der Waals surface area (Å²) in [6, 6.07) is 0. The molecule has 1 aromatic rings. The van der Waals surface area contributed by atoms with Gasteiger partial charge in [-0.15, -0.1) is 0 Å². The van der Waals surface area contributed by atoms with Crippen LogP contribution in [0.4, 0.5) is 10.9 Å². The van der Waals surface area contributed by atoms with Crippen molar-refractivity contribution >= 4 is 28.2 Å². The van der Waals surface area contributed by atoms with Crippen LogP contribution in [0.25, 0.3) is 0 Å². The van der Waals surface area contributed by atoms with Gasteiger partial charge in [0, 0.05) is 20.1 Å². The van der Waals surface area contributed by atoms with Gasteiger partial charge in [0.05, 0.1) is 0 Å². The van der Waals surface area contributed by atoms with E-state index in [0.29, 0.717) is 27.7 Å². The second-order valence-corrected chi connectivity index (χ2v) is 6.03. The third kappa shape index (κ3) is 2.43. The summed E-state index contributed by atoms with van der Waals surface area (Å²) in [6.07, 6.45) is 1.08. The number of nitrogens with zero attached hydrogens (tertiary/aromatic N) is 2. The van der Waals surface area contributed by atoms with E-state index in [1.807, 2.05) is 4.90 Å². The maximum absolute atomic E-state index is 12.4. The highest BCUT2D eigenvalue weighted by Gasteiger charge is 2.30. The van der Waals surface area contributed by atoms with E-state index in [2.05, 4.69) is 24.1 Å². The van der Waals surface area contributed by atoms with Gasteiger partial charge in [-0.05, 0) is 18.3 Å². The average molecular weight is 268 g/mol. The Morgan fingerprint density at radius 1 is 1.61 bits per heavy atom. The minimum atomic E-state index is 0.0228. The van der Waals surface area contributed by atoms with Crippen molar-refractivity contribution in [2.75, 3.05) is 31.2 Å². The molecule has 1 aliphatic rings. The number of carbonyl (C=O) groups is 1. The number of likely N-dealkylation sites (tertiary alicyclic amines) is 1. The fraction of sp³-hybridized carbons (Fsp3) is 0.667. The van der Waals surface area contributed by atoms with Gasteiger partial charge in [-0.1, -0.05) is 25.2 Å². The lowest BCUT2D eigenvalue weighted by molar-refractivity contribution is 0.0789. The van der Waals surface area contributed by atoms with E-state index >= 15 is 0 Å². The lowest BCUT2D eigenvalue weighted by Crippen LogP contribution is -2.29. The Labute approximate surface area is 111 Å². The topological polar surface area (TPSA) is 71.2 Å². The van der Waals surface area contributed by atoms with Gasteiger partial charge in [0.1, 0.15) is 10.7 Å². The van der Waals surface area contributed by atoms with Crippen LogP contribution in [-0.2, 0) is 0 Å². The fourth-order valence-electron chi connectivity index (χ4n) is 2.25. The zero-order valence-corrected chi connectivity index (χ0v) is 11.9. The molecule has 0 bridgehead atoms. The molecule has 1 atom stereocenters. The predicted octanol–water partition coefficient (Wildman–Crippen LogP) is 1.89. The molecule has 1 unspecified atom stereocenters. The molecule has 1 amide bonds. The Hall–Kier alpha value is -1.30. The molecule has 100 valence electrons. The summed E-state index contributed by atoms with van der Waals surface area (Å²) in [4.78, 5) is 18.9. The van der Waals surface area contributed by atoms with E-state index in [0.717, 1.165) is 19.5 Å². The minimum absolute atomic E-state index is 0.0228. The normalized spacial score (nSPS) is 19.6. The largest absolute Gasteiger partial charge is 0.382 e. The van der Waals surface area contributed by atoms with Crippen LogP contribution in [0.1, 0.15) is 29.9 Å². The van der Waals surface area contributed by atoms with Gasteiger partial charge < -0.3 is 16.0 Å². The maximum Gasteiger partial charge on any atom is 0.267 e. The Morgan fingerprint density at radius 3 is 2.83 bits per heavy atom. The van der Waals surface area contributed by atoms with E-state index in [4.69, 9.17) is 5.73 Å².